The Morgan fingerprint density at radius 2 is 1.95 bits per heavy atom. The fourth-order valence-electron chi connectivity index (χ4n) is 2.29. The van der Waals surface area contributed by atoms with Gasteiger partial charge in [0, 0.05) is 59.6 Å². The number of halogens is 1. The average Bonchev–Trinajstić information content (AvgIpc) is 2.51. The van der Waals surface area contributed by atoms with E-state index in [1.807, 2.05) is 12.1 Å². The van der Waals surface area contributed by atoms with Crippen LogP contribution in [0.15, 0.2) is 18.3 Å². The van der Waals surface area contributed by atoms with Crippen LogP contribution in [0.3, 0.4) is 0 Å². The standard InChI is InChI=1S/C15H23ClN4O2/c1-18(2)15(21)22-10-9-19-5-7-20(8-6-19)12-14-4-3-13(16)11-17-14/h3-4,11H,5-10,12H2,1-2H3. The first-order valence-electron chi connectivity index (χ1n) is 7.44. The summed E-state index contributed by atoms with van der Waals surface area (Å²) >= 11 is 5.84. The Bertz CT molecular complexity index is 473. The molecular formula is C15H23ClN4O2. The van der Waals surface area contributed by atoms with Crippen molar-refractivity contribution in [3.05, 3.63) is 29.0 Å². The number of hydrogen-bond donors (Lipinski definition) is 0. The number of pyridine rings is 1. The molecule has 1 aromatic heterocycles. The monoisotopic (exact) mass is 326 g/mol. The molecule has 2 heterocycles. The molecule has 0 N–H and O–H groups in total. The molecule has 122 valence electrons. The average molecular weight is 327 g/mol. The van der Waals surface area contributed by atoms with Crippen molar-refractivity contribution in [1.29, 1.82) is 0 Å². The molecule has 0 saturated carbocycles. The third-order valence-corrected chi connectivity index (χ3v) is 3.86. The van der Waals surface area contributed by atoms with Crippen molar-refractivity contribution in [2.45, 2.75) is 6.54 Å². The van der Waals surface area contributed by atoms with Gasteiger partial charge < -0.3 is 9.64 Å². The van der Waals surface area contributed by atoms with Crippen LogP contribution in [0.1, 0.15) is 5.69 Å². The van der Waals surface area contributed by atoms with Crippen molar-refractivity contribution in [3.63, 3.8) is 0 Å². The van der Waals surface area contributed by atoms with Gasteiger partial charge in [-0.1, -0.05) is 11.6 Å². The van der Waals surface area contributed by atoms with E-state index < -0.39 is 0 Å². The van der Waals surface area contributed by atoms with Crippen LogP contribution >= 0.6 is 11.6 Å². The number of ether oxygens (including phenoxy) is 1. The molecule has 1 amide bonds. The highest BCUT2D eigenvalue weighted by molar-refractivity contribution is 6.30. The maximum atomic E-state index is 11.3. The summed E-state index contributed by atoms with van der Waals surface area (Å²) in [5.74, 6) is 0. The van der Waals surface area contributed by atoms with Crippen molar-refractivity contribution in [2.75, 3.05) is 53.4 Å². The second kappa shape index (κ2) is 8.31. The molecule has 1 aliphatic rings. The van der Waals surface area contributed by atoms with Crippen molar-refractivity contribution in [3.8, 4) is 0 Å². The van der Waals surface area contributed by atoms with E-state index >= 15 is 0 Å². The van der Waals surface area contributed by atoms with Gasteiger partial charge in [0.2, 0.25) is 0 Å². The molecular weight excluding hydrogens is 304 g/mol. The zero-order chi connectivity index (χ0) is 15.9. The molecule has 2 rings (SSSR count). The SMILES string of the molecule is CN(C)C(=O)OCCN1CCN(Cc2ccc(Cl)cn2)CC1. The predicted octanol–water partition coefficient (Wildman–Crippen LogP) is 1.55. The smallest absolute Gasteiger partial charge is 0.409 e. The summed E-state index contributed by atoms with van der Waals surface area (Å²) in [5, 5.41) is 0.667. The van der Waals surface area contributed by atoms with Crippen LogP contribution < -0.4 is 0 Å². The molecule has 0 atom stereocenters. The van der Waals surface area contributed by atoms with Gasteiger partial charge in [0.1, 0.15) is 6.61 Å². The summed E-state index contributed by atoms with van der Waals surface area (Å²) in [6.07, 6.45) is 1.40. The molecule has 0 aliphatic carbocycles. The first-order valence-corrected chi connectivity index (χ1v) is 7.81. The normalized spacial score (nSPS) is 16.5. The largest absolute Gasteiger partial charge is 0.448 e. The van der Waals surface area contributed by atoms with E-state index in [4.69, 9.17) is 16.3 Å². The van der Waals surface area contributed by atoms with Crippen LogP contribution in [0.25, 0.3) is 0 Å². The van der Waals surface area contributed by atoms with E-state index in [1.54, 1.807) is 20.3 Å². The second-order valence-electron chi connectivity index (χ2n) is 5.59. The lowest BCUT2D eigenvalue weighted by atomic mass is 10.2. The highest BCUT2D eigenvalue weighted by Gasteiger charge is 2.17. The summed E-state index contributed by atoms with van der Waals surface area (Å²) in [6, 6.07) is 3.84. The number of carbonyl (C=O) groups excluding carboxylic acids is 1. The van der Waals surface area contributed by atoms with E-state index in [2.05, 4.69) is 14.8 Å². The summed E-state index contributed by atoms with van der Waals surface area (Å²) in [5.41, 5.74) is 1.04. The Kier molecular flexibility index (Phi) is 6.42. The molecule has 0 spiro atoms. The third-order valence-electron chi connectivity index (χ3n) is 3.64. The maximum Gasteiger partial charge on any atom is 0.409 e. The van der Waals surface area contributed by atoms with Gasteiger partial charge in [0.05, 0.1) is 10.7 Å². The summed E-state index contributed by atoms with van der Waals surface area (Å²) in [6.45, 7) is 6.01. The van der Waals surface area contributed by atoms with Crippen LogP contribution in [0, 0.1) is 0 Å². The molecule has 1 fully saturated rings. The van der Waals surface area contributed by atoms with Gasteiger partial charge >= 0.3 is 6.09 Å². The Morgan fingerprint density at radius 1 is 1.27 bits per heavy atom. The van der Waals surface area contributed by atoms with Crippen LogP contribution in [0.5, 0.6) is 0 Å². The lowest BCUT2D eigenvalue weighted by Crippen LogP contribution is -2.47. The molecule has 22 heavy (non-hydrogen) atoms. The van der Waals surface area contributed by atoms with E-state index in [9.17, 15) is 4.79 Å². The Morgan fingerprint density at radius 3 is 2.55 bits per heavy atom. The lowest BCUT2D eigenvalue weighted by molar-refractivity contribution is 0.0812. The summed E-state index contributed by atoms with van der Waals surface area (Å²) in [4.78, 5) is 21.8. The molecule has 0 aromatic carbocycles. The van der Waals surface area contributed by atoms with Crippen molar-refractivity contribution in [1.82, 2.24) is 19.7 Å². The Hall–Kier alpha value is -1.37. The number of hydrogen-bond acceptors (Lipinski definition) is 5. The van der Waals surface area contributed by atoms with E-state index in [1.165, 1.54) is 4.90 Å². The lowest BCUT2D eigenvalue weighted by Gasteiger charge is -2.34. The minimum atomic E-state index is -0.285. The Balaban J connectivity index is 1.65. The number of rotatable bonds is 5. The molecule has 6 nitrogen and oxygen atoms in total. The van der Waals surface area contributed by atoms with Crippen LogP contribution in [-0.4, -0.2) is 79.2 Å². The summed E-state index contributed by atoms with van der Waals surface area (Å²) < 4.78 is 5.15. The topological polar surface area (TPSA) is 48.9 Å². The highest BCUT2D eigenvalue weighted by atomic mass is 35.5. The Labute approximate surface area is 136 Å². The van der Waals surface area contributed by atoms with Crippen LogP contribution in [-0.2, 0) is 11.3 Å². The van der Waals surface area contributed by atoms with Gasteiger partial charge in [-0.2, -0.15) is 0 Å². The van der Waals surface area contributed by atoms with Crippen LogP contribution in [0.4, 0.5) is 4.79 Å². The molecule has 1 aromatic rings. The number of carbonyl (C=O) groups is 1. The minimum Gasteiger partial charge on any atom is -0.448 e. The quantitative estimate of drug-likeness (QED) is 0.821. The van der Waals surface area contributed by atoms with Gasteiger partial charge in [-0.3, -0.25) is 14.8 Å². The van der Waals surface area contributed by atoms with Gasteiger partial charge in [-0.25, -0.2) is 4.79 Å². The molecule has 0 unspecified atom stereocenters. The third kappa shape index (κ3) is 5.44. The van der Waals surface area contributed by atoms with E-state index in [0.29, 0.717) is 11.6 Å². The zero-order valence-corrected chi connectivity index (χ0v) is 13.9. The summed E-state index contributed by atoms with van der Waals surface area (Å²) in [7, 11) is 3.37. The number of piperazine rings is 1. The molecule has 0 bridgehead atoms. The van der Waals surface area contributed by atoms with Crippen molar-refractivity contribution in [2.24, 2.45) is 0 Å². The molecule has 7 heteroatoms. The first-order chi connectivity index (χ1) is 10.5. The molecule has 1 saturated heterocycles. The van der Waals surface area contributed by atoms with E-state index in [0.717, 1.165) is 45.0 Å². The van der Waals surface area contributed by atoms with Crippen LogP contribution in [0.2, 0.25) is 5.02 Å². The minimum absolute atomic E-state index is 0.285. The van der Waals surface area contributed by atoms with Gasteiger partial charge in [-0.15, -0.1) is 0 Å². The van der Waals surface area contributed by atoms with Crippen molar-refractivity contribution >= 4 is 17.7 Å². The second-order valence-corrected chi connectivity index (χ2v) is 6.03. The number of nitrogens with zero attached hydrogens (tertiary/aromatic N) is 4. The fourth-order valence-corrected chi connectivity index (χ4v) is 2.40. The van der Waals surface area contributed by atoms with Crippen molar-refractivity contribution < 1.29 is 9.53 Å². The number of aromatic nitrogens is 1. The van der Waals surface area contributed by atoms with Gasteiger partial charge in [0.15, 0.2) is 0 Å². The molecule has 0 radical (unpaired) electrons. The zero-order valence-electron chi connectivity index (χ0n) is 13.2. The maximum absolute atomic E-state index is 11.3. The first kappa shape index (κ1) is 17.0. The highest BCUT2D eigenvalue weighted by Crippen LogP contribution is 2.10. The molecule has 1 aliphatic heterocycles. The van der Waals surface area contributed by atoms with E-state index in [-0.39, 0.29) is 6.09 Å². The van der Waals surface area contributed by atoms with Gasteiger partial charge in [0.25, 0.3) is 0 Å². The number of amides is 1. The fraction of sp³-hybridized carbons (Fsp3) is 0.600. The van der Waals surface area contributed by atoms with Gasteiger partial charge in [-0.05, 0) is 12.1 Å². The predicted molar refractivity (Wildman–Crippen MR) is 86.0 cm³/mol.